The van der Waals surface area contributed by atoms with Crippen LogP contribution in [-0.2, 0) is 4.79 Å². The van der Waals surface area contributed by atoms with Gasteiger partial charge in [-0.2, -0.15) is 9.97 Å². The average molecular weight is 379 g/mol. The van der Waals surface area contributed by atoms with Gasteiger partial charge in [0, 0.05) is 31.4 Å². The SMILES string of the molecule is C[C@H](Nc1nc(Nc2cnccn2)cc(N2CCC2=O)n1)c1ccc(F)cc1. The van der Waals surface area contributed by atoms with Gasteiger partial charge in [0.25, 0.3) is 0 Å². The first-order chi connectivity index (χ1) is 13.6. The molecule has 0 bridgehead atoms. The van der Waals surface area contributed by atoms with E-state index in [-0.39, 0.29) is 17.8 Å². The predicted molar refractivity (Wildman–Crippen MR) is 103 cm³/mol. The van der Waals surface area contributed by atoms with E-state index >= 15 is 0 Å². The number of nitrogens with one attached hydrogen (secondary N) is 2. The monoisotopic (exact) mass is 379 g/mol. The third-order valence-electron chi connectivity index (χ3n) is 4.37. The van der Waals surface area contributed by atoms with Crippen molar-refractivity contribution in [2.24, 2.45) is 0 Å². The Morgan fingerprint density at radius 2 is 1.96 bits per heavy atom. The Bertz CT molecular complexity index is 981. The highest BCUT2D eigenvalue weighted by Gasteiger charge is 2.27. The molecule has 1 aliphatic heterocycles. The van der Waals surface area contributed by atoms with E-state index in [9.17, 15) is 9.18 Å². The summed E-state index contributed by atoms with van der Waals surface area (Å²) in [4.78, 5) is 30.6. The highest BCUT2D eigenvalue weighted by Crippen LogP contribution is 2.26. The Balaban J connectivity index is 1.61. The predicted octanol–water partition coefficient (Wildman–Crippen LogP) is 3.06. The molecular formula is C19H18FN7O. The van der Waals surface area contributed by atoms with Gasteiger partial charge in [-0.15, -0.1) is 0 Å². The number of β-lactam (4-membered cyclic amide) rings is 1. The van der Waals surface area contributed by atoms with Crippen LogP contribution in [0.4, 0.5) is 27.8 Å². The van der Waals surface area contributed by atoms with E-state index in [1.165, 1.54) is 12.1 Å². The Hall–Kier alpha value is -3.62. The Kier molecular flexibility index (Phi) is 4.79. The maximum atomic E-state index is 13.2. The zero-order chi connectivity index (χ0) is 19.5. The molecule has 3 heterocycles. The molecule has 0 spiro atoms. The summed E-state index contributed by atoms with van der Waals surface area (Å²) in [5, 5.41) is 6.27. The molecular weight excluding hydrogens is 361 g/mol. The van der Waals surface area contributed by atoms with Crippen LogP contribution in [0, 0.1) is 5.82 Å². The van der Waals surface area contributed by atoms with Crippen molar-refractivity contribution in [3.63, 3.8) is 0 Å². The summed E-state index contributed by atoms with van der Waals surface area (Å²) in [6.07, 6.45) is 5.22. The first-order valence-corrected chi connectivity index (χ1v) is 8.83. The van der Waals surface area contributed by atoms with E-state index in [1.54, 1.807) is 41.7 Å². The third-order valence-corrected chi connectivity index (χ3v) is 4.37. The van der Waals surface area contributed by atoms with Gasteiger partial charge in [0.1, 0.15) is 23.3 Å². The summed E-state index contributed by atoms with van der Waals surface area (Å²) in [5.74, 6) is 1.59. The number of nitrogens with zero attached hydrogens (tertiary/aromatic N) is 5. The number of hydrogen-bond acceptors (Lipinski definition) is 7. The lowest BCUT2D eigenvalue weighted by molar-refractivity contribution is -0.122. The van der Waals surface area contributed by atoms with E-state index in [0.717, 1.165) is 5.56 Å². The Morgan fingerprint density at radius 3 is 2.61 bits per heavy atom. The van der Waals surface area contributed by atoms with E-state index in [1.807, 2.05) is 6.92 Å². The lowest BCUT2D eigenvalue weighted by Gasteiger charge is -2.30. The van der Waals surface area contributed by atoms with E-state index in [0.29, 0.717) is 36.4 Å². The van der Waals surface area contributed by atoms with Crippen LogP contribution in [-0.4, -0.2) is 32.4 Å². The van der Waals surface area contributed by atoms with Crippen LogP contribution in [0.1, 0.15) is 24.9 Å². The van der Waals surface area contributed by atoms with Gasteiger partial charge >= 0.3 is 0 Å². The zero-order valence-corrected chi connectivity index (χ0v) is 15.1. The highest BCUT2D eigenvalue weighted by atomic mass is 19.1. The van der Waals surface area contributed by atoms with Crippen molar-refractivity contribution >= 4 is 29.3 Å². The van der Waals surface area contributed by atoms with Crippen molar-refractivity contribution in [1.29, 1.82) is 0 Å². The van der Waals surface area contributed by atoms with Crippen molar-refractivity contribution in [3.8, 4) is 0 Å². The lowest BCUT2D eigenvalue weighted by atomic mass is 10.1. The summed E-state index contributed by atoms with van der Waals surface area (Å²) in [6, 6.07) is 7.75. The molecule has 1 fully saturated rings. The van der Waals surface area contributed by atoms with Crippen LogP contribution in [0.5, 0.6) is 0 Å². The number of carbonyl (C=O) groups is 1. The van der Waals surface area contributed by atoms with Gasteiger partial charge in [-0.1, -0.05) is 12.1 Å². The highest BCUT2D eigenvalue weighted by molar-refractivity contribution is 5.98. The van der Waals surface area contributed by atoms with E-state index in [4.69, 9.17) is 0 Å². The van der Waals surface area contributed by atoms with Crippen molar-refractivity contribution in [2.45, 2.75) is 19.4 Å². The fraction of sp³-hybridized carbons (Fsp3) is 0.211. The minimum atomic E-state index is -0.291. The van der Waals surface area contributed by atoms with Crippen LogP contribution in [0.25, 0.3) is 0 Å². The molecule has 1 saturated heterocycles. The molecule has 28 heavy (non-hydrogen) atoms. The molecule has 1 amide bonds. The lowest BCUT2D eigenvalue weighted by Crippen LogP contribution is -2.44. The molecule has 0 radical (unpaired) electrons. The van der Waals surface area contributed by atoms with Crippen LogP contribution >= 0.6 is 0 Å². The number of benzene rings is 1. The number of anilines is 4. The van der Waals surface area contributed by atoms with Gasteiger partial charge in [0.2, 0.25) is 11.9 Å². The van der Waals surface area contributed by atoms with Crippen molar-refractivity contribution < 1.29 is 9.18 Å². The van der Waals surface area contributed by atoms with Gasteiger partial charge < -0.3 is 10.6 Å². The fourth-order valence-corrected chi connectivity index (χ4v) is 2.78. The molecule has 0 unspecified atom stereocenters. The molecule has 0 aliphatic carbocycles. The van der Waals surface area contributed by atoms with Gasteiger partial charge in [0.15, 0.2) is 0 Å². The maximum Gasteiger partial charge on any atom is 0.229 e. The van der Waals surface area contributed by atoms with Crippen LogP contribution in [0.15, 0.2) is 48.9 Å². The topological polar surface area (TPSA) is 95.9 Å². The van der Waals surface area contributed by atoms with Crippen molar-refractivity contribution in [2.75, 3.05) is 22.1 Å². The molecule has 1 aromatic carbocycles. The summed E-state index contributed by atoms with van der Waals surface area (Å²) in [5.41, 5.74) is 0.888. The number of rotatable bonds is 6. The number of aromatic nitrogens is 4. The summed E-state index contributed by atoms with van der Waals surface area (Å²) in [6.45, 7) is 2.54. The van der Waals surface area contributed by atoms with Gasteiger partial charge in [0.05, 0.1) is 12.2 Å². The molecule has 4 rings (SSSR count). The van der Waals surface area contributed by atoms with Gasteiger partial charge in [-0.3, -0.25) is 14.7 Å². The van der Waals surface area contributed by atoms with Gasteiger partial charge in [-0.25, -0.2) is 9.37 Å². The molecule has 1 atom stereocenters. The Morgan fingerprint density at radius 1 is 1.14 bits per heavy atom. The summed E-state index contributed by atoms with van der Waals surface area (Å²) >= 11 is 0. The number of carbonyl (C=O) groups excluding carboxylic acids is 1. The van der Waals surface area contributed by atoms with E-state index < -0.39 is 0 Å². The number of halogens is 1. The molecule has 1 aliphatic rings. The number of hydrogen-bond donors (Lipinski definition) is 2. The van der Waals surface area contributed by atoms with Crippen molar-refractivity contribution in [3.05, 3.63) is 60.3 Å². The second-order valence-corrected chi connectivity index (χ2v) is 6.36. The maximum absolute atomic E-state index is 13.2. The first kappa shape index (κ1) is 17.8. The van der Waals surface area contributed by atoms with Gasteiger partial charge in [-0.05, 0) is 24.6 Å². The second-order valence-electron chi connectivity index (χ2n) is 6.36. The largest absolute Gasteiger partial charge is 0.348 e. The molecule has 2 N–H and O–H groups in total. The first-order valence-electron chi connectivity index (χ1n) is 8.83. The van der Waals surface area contributed by atoms with Crippen LogP contribution in [0.2, 0.25) is 0 Å². The fourth-order valence-electron chi connectivity index (χ4n) is 2.78. The summed E-state index contributed by atoms with van der Waals surface area (Å²) < 4.78 is 13.2. The molecule has 8 nitrogen and oxygen atoms in total. The zero-order valence-electron chi connectivity index (χ0n) is 15.1. The smallest absolute Gasteiger partial charge is 0.229 e. The number of amides is 1. The third kappa shape index (κ3) is 3.88. The van der Waals surface area contributed by atoms with Crippen LogP contribution in [0.3, 0.4) is 0 Å². The minimum Gasteiger partial charge on any atom is -0.348 e. The average Bonchev–Trinajstić information content (AvgIpc) is 2.68. The molecule has 142 valence electrons. The normalized spacial score (nSPS) is 14.4. The van der Waals surface area contributed by atoms with Crippen LogP contribution < -0.4 is 15.5 Å². The minimum absolute atomic E-state index is 0.0154. The Labute approximate surface area is 160 Å². The quantitative estimate of drug-likeness (QED) is 0.636. The van der Waals surface area contributed by atoms with Crippen molar-refractivity contribution in [1.82, 2.24) is 19.9 Å². The molecule has 2 aromatic heterocycles. The summed E-state index contributed by atoms with van der Waals surface area (Å²) in [7, 11) is 0. The molecule has 0 saturated carbocycles. The standard InChI is InChI=1S/C19H18FN7O/c1-12(13-2-4-14(20)5-3-13)23-19-25-15(24-16-11-21-7-8-22-16)10-17(26-19)27-9-6-18(27)28/h2-5,7-8,10-12H,6,9H2,1H3,(H2,22,23,24,25,26)/t12-/m0/s1. The second kappa shape index (κ2) is 7.55. The molecule has 9 heteroatoms. The van der Waals surface area contributed by atoms with E-state index in [2.05, 4.69) is 30.6 Å². The molecule has 3 aromatic rings.